The molecule has 2 heterocycles. The largest absolute Gasteiger partial charge is 0.454 e. The molecule has 0 spiro atoms. The van der Waals surface area contributed by atoms with Crippen LogP contribution in [0.15, 0.2) is 54.7 Å². The van der Waals surface area contributed by atoms with Crippen molar-refractivity contribution in [2.75, 3.05) is 22.5 Å². The summed E-state index contributed by atoms with van der Waals surface area (Å²) in [6.45, 7) is 2.50. The fourth-order valence-electron chi connectivity index (χ4n) is 3.38. The van der Waals surface area contributed by atoms with Gasteiger partial charge in [-0.15, -0.1) is 0 Å². The minimum atomic E-state index is -4.55. The number of urea groups is 2. The van der Waals surface area contributed by atoms with Crippen LogP contribution >= 0.6 is 0 Å². The highest BCUT2D eigenvalue weighted by molar-refractivity contribution is 5.99. The molecule has 35 heavy (non-hydrogen) atoms. The van der Waals surface area contributed by atoms with Crippen molar-refractivity contribution in [3.63, 3.8) is 0 Å². The fraction of sp³-hybridized carbons (Fsp3) is 0.174. The summed E-state index contributed by atoms with van der Waals surface area (Å²) in [6.07, 6.45) is -3.14. The number of amides is 4. The molecule has 0 aliphatic carbocycles. The molecule has 3 N–H and O–H groups in total. The van der Waals surface area contributed by atoms with Crippen molar-refractivity contribution in [2.45, 2.75) is 19.6 Å². The Morgan fingerprint density at radius 3 is 2.54 bits per heavy atom. The zero-order valence-corrected chi connectivity index (χ0v) is 18.2. The number of nitrogens with zero attached hydrogens (tertiary/aromatic N) is 2. The summed E-state index contributed by atoms with van der Waals surface area (Å²) < 4.78 is 58.9. The van der Waals surface area contributed by atoms with Crippen LogP contribution in [0.1, 0.15) is 18.1 Å². The smallest absolute Gasteiger partial charge is 0.416 e. The van der Waals surface area contributed by atoms with Crippen LogP contribution in [0.3, 0.4) is 0 Å². The lowest BCUT2D eigenvalue weighted by atomic mass is 10.2. The van der Waals surface area contributed by atoms with E-state index < -0.39 is 23.6 Å². The van der Waals surface area contributed by atoms with Gasteiger partial charge in [0.2, 0.25) is 0 Å². The maximum atomic E-state index is 14.7. The van der Waals surface area contributed by atoms with Crippen molar-refractivity contribution in [1.29, 1.82) is 0 Å². The zero-order chi connectivity index (χ0) is 25.2. The van der Waals surface area contributed by atoms with Crippen molar-refractivity contribution < 1.29 is 31.9 Å². The lowest BCUT2D eigenvalue weighted by Crippen LogP contribution is -2.38. The molecule has 1 aliphatic heterocycles. The molecule has 1 aromatic heterocycles. The molecule has 0 atom stereocenters. The van der Waals surface area contributed by atoms with E-state index in [0.717, 1.165) is 24.3 Å². The second-order valence-corrected chi connectivity index (χ2v) is 7.49. The van der Waals surface area contributed by atoms with Crippen LogP contribution in [-0.4, -0.2) is 28.5 Å². The normalized spacial score (nSPS) is 13.1. The highest BCUT2D eigenvalue weighted by atomic mass is 19.4. The van der Waals surface area contributed by atoms with E-state index in [1.165, 1.54) is 35.4 Å². The van der Waals surface area contributed by atoms with E-state index in [1.54, 1.807) is 0 Å². The van der Waals surface area contributed by atoms with Gasteiger partial charge in [0.25, 0.3) is 0 Å². The third-order valence-electron chi connectivity index (χ3n) is 5.11. The van der Waals surface area contributed by atoms with Crippen LogP contribution in [0.2, 0.25) is 0 Å². The molecule has 0 radical (unpaired) electrons. The molecule has 2 aromatic carbocycles. The molecule has 182 valence electrons. The van der Waals surface area contributed by atoms with E-state index in [4.69, 9.17) is 4.74 Å². The summed E-state index contributed by atoms with van der Waals surface area (Å²) in [5, 5.41) is 7.28. The number of hydrogen-bond donors (Lipinski definition) is 3. The van der Waals surface area contributed by atoms with Crippen molar-refractivity contribution in [1.82, 2.24) is 9.88 Å². The van der Waals surface area contributed by atoms with Crippen LogP contribution < -0.4 is 20.7 Å². The summed E-state index contributed by atoms with van der Waals surface area (Å²) in [5.74, 6) is -0.306. The quantitative estimate of drug-likeness (QED) is 0.381. The highest BCUT2D eigenvalue weighted by Gasteiger charge is 2.30. The number of benzene rings is 2. The number of fused-ring (bicyclic) bond motifs is 1. The van der Waals surface area contributed by atoms with E-state index in [9.17, 15) is 27.2 Å². The number of pyridine rings is 1. The van der Waals surface area contributed by atoms with Crippen LogP contribution in [0, 0.1) is 5.82 Å². The van der Waals surface area contributed by atoms with Gasteiger partial charge in [-0.2, -0.15) is 13.2 Å². The first-order valence-corrected chi connectivity index (χ1v) is 10.4. The molecule has 1 aliphatic rings. The van der Waals surface area contributed by atoms with E-state index in [-0.39, 0.29) is 29.7 Å². The van der Waals surface area contributed by atoms with Gasteiger partial charge in [-0.05, 0) is 43.3 Å². The molecular formula is C23H19F4N5O3. The Hall–Kier alpha value is -4.35. The standard InChI is InChI=1S/C23H19F4N5O3/c1-2-32-12-16-18(8-9-28-20(16)31-22(32)34)35-19-7-6-15(11-17(19)24)30-21(33)29-14-5-3-4-13(10-14)23(25,26)27/h3-11H,2,12H2,1H3,(H,28,31,34)(H2,29,30,33). The van der Waals surface area contributed by atoms with Gasteiger partial charge in [0.1, 0.15) is 11.6 Å². The summed E-state index contributed by atoms with van der Waals surface area (Å²) in [5.41, 5.74) is -0.354. The Kier molecular flexibility index (Phi) is 6.45. The molecule has 12 heteroatoms. The van der Waals surface area contributed by atoms with E-state index in [1.807, 2.05) is 6.92 Å². The molecule has 3 aromatic rings. The molecule has 0 unspecified atom stereocenters. The summed E-state index contributed by atoms with van der Waals surface area (Å²) in [4.78, 5) is 29.8. The minimum Gasteiger partial charge on any atom is -0.454 e. The second kappa shape index (κ2) is 9.49. The van der Waals surface area contributed by atoms with Gasteiger partial charge in [-0.25, -0.2) is 19.0 Å². The third kappa shape index (κ3) is 5.42. The molecule has 0 saturated heterocycles. The molecule has 0 bridgehead atoms. The number of alkyl halides is 3. The van der Waals surface area contributed by atoms with Gasteiger partial charge in [0.05, 0.1) is 17.7 Å². The predicted octanol–water partition coefficient (Wildman–Crippen LogP) is 6.04. The number of ether oxygens (including phenoxy) is 1. The van der Waals surface area contributed by atoms with Crippen LogP contribution in [0.25, 0.3) is 0 Å². The number of carbonyl (C=O) groups excluding carboxylic acids is 2. The van der Waals surface area contributed by atoms with Crippen LogP contribution in [0.5, 0.6) is 11.5 Å². The van der Waals surface area contributed by atoms with Gasteiger partial charge in [0, 0.05) is 30.2 Å². The first-order valence-electron chi connectivity index (χ1n) is 10.4. The van der Waals surface area contributed by atoms with Crippen molar-refractivity contribution in [3.05, 3.63) is 71.7 Å². The molecular weight excluding hydrogens is 470 g/mol. The summed E-state index contributed by atoms with van der Waals surface area (Å²) >= 11 is 0. The topological polar surface area (TPSA) is 95.6 Å². The van der Waals surface area contributed by atoms with Crippen LogP contribution in [-0.2, 0) is 12.7 Å². The Morgan fingerprint density at radius 1 is 1.11 bits per heavy atom. The van der Waals surface area contributed by atoms with E-state index in [2.05, 4.69) is 20.9 Å². The first-order chi connectivity index (χ1) is 16.6. The summed E-state index contributed by atoms with van der Waals surface area (Å²) in [7, 11) is 0. The van der Waals surface area contributed by atoms with Gasteiger partial charge >= 0.3 is 18.2 Å². The zero-order valence-electron chi connectivity index (χ0n) is 18.2. The molecule has 0 fully saturated rings. The number of anilines is 3. The molecule has 4 rings (SSSR count). The number of carbonyl (C=O) groups is 2. The number of nitrogens with one attached hydrogen (secondary N) is 3. The summed E-state index contributed by atoms with van der Waals surface area (Å²) in [6, 6.07) is 8.19. The lowest BCUT2D eigenvalue weighted by Gasteiger charge is -2.28. The second-order valence-electron chi connectivity index (χ2n) is 7.49. The van der Waals surface area contributed by atoms with Gasteiger partial charge in [0.15, 0.2) is 11.6 Å². The molecule has 0 saturated carbocycles. The Labute approximate surface area is 196 Å². The van der Waals surface area contributed by atoms with Crippen LogP contribution in [0.4, 0.5) is 44.3 Å². The maximum absolute atomic E-state index is 14.7. The predicted molar refractivity (Wildman–Crippen MR) is 120 cm³/mol. The van der Waals surface area contributed by atoms with Gasteiger partial charge in [-0.1, -0.05) is 6.07 Å². The van der Waals surface area contributed by atoms with Gasteiger partial charge < -0.3 is 20.3 Å². The SMILES string of the molecule is CCN1Cc2c(Oc3ccc(NC(=O)Nc4cccc(C(F)(F)F)c4)cc3F)ccnc2NC1=O. The number of hydrogen-bond acceptors (Lipinski definition) is 4. The number of halogens is 4. The number of rotatable bonds is 5. The highest BCUT2D eigenvalue weighted by Crippen LogP contribution is 2.34. The Morgan fingerprint density at radius 2 is 1.86 bits per heavy atom. The Bertz CT molecular complexity index is 1280. The maximum Gasteiger partial charge on any atom is 0.416 e. The molecule has 8 nitrogen and oxygen atoms in total. The molecule has 4 amide bonds. The number of aromatic nitrogens is 1. The fourth-order valence-corrected chi connectivity index (χ4v) is 3.38. The third-order valence-corrected chi connectivity index (χ3v) is 5.11. The van der Waals surface area contributed by atoms with Crippen molar-refractivity contribution in [2.24, 2.45) is 0 Å². The van der Waals surface area contributed by atoms with E-state index in [0.29, 0.717) is 23.7 Å². The monoisotopic (exact) mass is 489 g/mol. The minimum absolute atomic E-state index is 0.0560. The average Bonchev–Trinajstić information content (AvgIpc) is 2.80. The first kappa shape index (κ1) is 23.8. The van der Waals surface area contributed by atoms with E-state index >= 15 is 0 Å². The van der Waals surface area contributed by atoms with Crippen molar-refractivity contribution in [3.8, 4) is 11.5 Å². The van der Waals surface area contributed by atoms with Crippen molar-refractivity contribution >= 4 is 29.3 Å². The average molecular weight is 489 g/mol. The lowest BCUT2D eigenvalue weighted by molar-refractivity contribution is -0.137. The Balaban J connectivity index is 1.45. The van der Waals surface area contributed by atoms with Gasteiger partial charge in [-0.3, -0.25) is 5.32 Å².